The summed E-state index contributed by atoms with van der Waals surface area (Å²) < 4.78 is 0. The van der Waals surface area contributed by atoms with Crippen LogP contribution in [0.3, 0.4) is 0 Å². The molecule has 0 atom stereocenters. The van der Waals surface area contributed by atoms with Crippen molar-refractivity contribution in [2.24, 2.45) is 0 Å². The molecule has 0 bridgehead atoms. The predicted molar refractivity (Wildman–Crippen MR) is 115 cm³/mol. The molecule has 2 aliphatic heterocycles. The van der Waals surface area contributed by atoms with Crippen LogP contribution in [0.1, 0.15) is 34.3 Å². The second-order valence-electron chi connectivity index (χ2n) is 7.81. The van der Waals surface area contributed by atoms with Gasteiger partial charge in [-0.15, -0.1) is 0 Å². The maximum Gasteiger partial charge on any atom is 0.256 e. The van der Waals surface area contributed by atoms with Crippen LogP contribution < -0.4 is 4.90 Å². The van der Waals surface area contributed by atoms with Gasteiger partial charge in [0.25, 0.3) is 5.91 Å². The zero-order chi connectivity index (χ0) is 20.4. The number of piperazine rings is 1. The number of carbonyl (C=O) groups excluding carboxylic acids is 2. The van der Waals surface area contributed by atoms with E-state index in [-0.39, 0.29) is 11.8 Å². The number of nitrogens with zero attached hydrogens (tertiary/aromatic N) is 3. The van der Waals surface area contributed by atoms with Crippen molar-refractivity contribution in [3.63, 3.8) is 0 Å². The van der Waals surface area contributed by atoms with Crippen LogP contribution in [0.25, 0.3) is 0 Å². The molecule has 0 aromatic heterocycles. The van der Waals surface area contributed by atoms with Gasteiger partial charge in [0, 0.05) is 50.7 Å². The van der Waals surface area contributed by atoms with Crippen molar-refractivity contribution >= 4 is 29.1 Å². The number of hydrogen-bond donors (Lipinski definition) is 0. The van der Waals surface area contributed by atoms with Crippen molar-refractivity contribution in [3.05, 3.63) is 64.2 Å². The third-order valence-corrected chi connectivity index (χ3v) is 6.10. The SMILES string of the molecule is Cc1ccccc1CN1CCN(C(=O)c2ccc(Cl)cc2N2CCCC2=O)CC1. The zero-order valence-corrected chi connectivity index (χ0v) is 17.5. The fourth-order valence-corrected chi connectivity index (χ4v) is 4.29. The Balaban J connectivity index is 1.45. The van der Waals surface area contributed by atoms with Crippen molar-refractivity contribution in [2.45, 2.75) is 26.3 Å². The average molecular weight is 412 g/mol. The van der Waals surface area contributed by atoms with Crippen LogP contribution >= 0.6 is 11.6 Å². The van der Waals surface area contributed by atoms with Crippen LogP contribution in [0, 0.1) is 6.92 Å². The molecule has 2 heterocycles. The smallest absolute Gasteiger partial charge is 0.256 e. The van der Waals surface area contributed by atoms with E-state index in [1.165, 1.54) is 11.1 Å². The summed E-state index contributed by atoms with van der Waals surface area (Å²) in [4.78, 5) is 31.5. The van der Waals surface area contributed by atoms with Crippen LogP contribution in [-0.4, -0.2) is 54.3 Å². The molecule has 2 fully saturated rings. The Morgan fingerprint density at radius 2 is 1.79 bits per heavy atom. The van der Waals surface area contributed by atoms with E-state index in [0.717, 1.165) is 26.1 Å². The lowest BCUT2D eigenvalue weighted by molar-refractivity contribution is -0.117. The molecular formula is C23H26ClN3O2. The van der Waals surface area contributed by atoms with Crippen molar-refractivity contribution in [3.8, 4) is 0 Å². The minimum atomic E-state index is -0.0214. The maximum absolute atomic E-state index is 13.2. The second kappa shape index (κ2) is 8.56. The fraction of sp³-hybridized carbons (Fsp3) is 0.391. The lowest BCUT2D eigenvalue weighted by Gasteiger charge is -2.35. The number of anilines is 1. The van der Waals surface area contributed by atoms with E-state index < -0.39 is 0 Å². The topological polar surface area (TPSA) is 43.9 Å². The number of amides is 2. The molecule has 0 N–H and O–H groups in total. The Bertz CT molecular complexity index is 922. The zero-order valence-electron chi connectivity index (χ0n) is 16.7. The van der Waals surface area contributed by atoms with Gasteiger partial charge < -0.3 is 9.80 Å². The molecular weight excluding hydrogens is 386 g/mol. The van der Waals surface area contributed by atoms with Gasteiger partial charge in [-0.2, -0.15) is 0 Å². The van der Waals surface area contributed by atoms with Gasteiger partial charge in [-0.25, -0.2) is 0 Å². The Hall–Kier alpha value is -2.37. The molecule has 29 heavy (non-hydrogen) atoms. The van der Waals surface area contributed by atoms with Gasteiger partial charge in [-0.3, -0.25) is 14.5 Å². The number of benzene rings is 2. The molecule has 6 heteroatoms. The van der Waals surface area contributed by atoms with Crippen molar-refractivity contribution in [1.29, 1.82) is 0 Å². The molecule has 0 spiro atoms. The molecule has 152 valence electrons. The first kappa shape index (κ1) is 19.9. The summed E-state index contributed by atoms with van der Waals surface area (Å²) in [6, 6.07) is 13.7. The highest BCUT2D eigenvalue weighted by molar-refractivity contribution is 6.31. The largest absolute Gasteiger partial charge is 0.336 e. The quantitative estimate of drug-likeness (QED) is 0.769. The highest BCUT2D eigenvalue weighted by Gasteiger charge is 2.29. The lowest BCUT2D eigenvalue weighted by Crippen LogP contribution is -2.48. The van der Waals surface area contributed by atoms with Gasteiger partial charge in [-0.1, -0.05) is 35.9 Å². The van der Waals surface area contributed by atoms with Gasteiger partial charge >= 0.3 is 0 Å². The average Bonchev–Trinajstić information content (AvgIpc) is 3.15. The molecule has 2 aliphatic rings. The lowest BCUT2D eigenvalue weighted by atomic mass is 10.1. The molecule has 4 rings (SSSR count). The first-order valence-electron chi connectivity index (χ1n) is 10.2. The summed E-state index contributed by atoms with van der Waals surface area (Å²) in [5.41, 5.74) is 3.84. The summed E-state index contributed by atoms with van der Waals surface area (Å²) in [5.74, 6) is 0.0382. The van der Waals surface area contributed by atoms with Crippen molar-refractivity contribution in [2.75, 3.05) is 37.6 Å². The second-order valence-corrected chi connectivity index (χ2v) is 8.24. The molecule has 2 amide bonds. The molecule has 2 saturated heterocycles. The van der Waals surface area contributed by atoms with Crippen molar-refractivity contribution in [1.82, 2.24) is 9.80 Å². The predicted octanol–water partition coefficient (Wildman–Crippen LogP) is 3.73. The number of hydrogen-bond acceptors (Lipinski definition) is 3. The summed E-state index contributed by atoms with van der Waals surface area (Å²) in [7, 11) is 0. The summed E-state index contributed by atoms with van der Waals surface area (Å²) >= 11 is 6.17. The van der Waals surface area contributed by atoms with E-state index >= 15 is 0 Å². The third-order valence-electron chi connectivity index (χ3n) is 5.87. The summed E-state index contributed by atoms with van der Waals surface area (Å²) in [5, 5.41) is 0.541. The van der Waals surface area contributed by atoms with Crippen molar-refractivity contribution < 1.29 is 9.59 Å². The number of halogens is 1. The van der Waals surface area contributed by atoms with Crippen LogP contribution in [0.5, 0.6) is 0 Å². The minimum Gasteiger partial charge on any atom is -0.336 e. The van der Waals surface area contributed by atoms with Crippen LogP contribution in [0.4, 0.5) is 5.69 Å². The molecule has 0 unspecified atom stereocenters. The normalized spacial score (nSPS) is 17.8. The van der Waals surface area contributed by atoms with E-state index in [1.54, 1.807) is 23.1 Å². The summed E-state index contributed by atoms with van der Waals surface area (Å²) in [6.45, 7) is 6.72. The van der Waals surface area contributed by atoms with E-state index in [0.29, 0.717) is 42.3 Å². The Morgan fingerprint density at radius 1 is 1.03 bits per heavy atom. The number of aryl methyl sites for hydroxylation is 1. The van der Waals surface area contributed by atoms with Gasteiger partial charge in [0.1, 0.15) is 0 Å². The minimum absolute atomic E-state index is 0.0214. The molecule has 0 saturated carbocycles. The monoisotopic (exact) mass is 411 g/mol. The Labute approximate surface area is 176 Å². The maximum atomic E-state index is 13.2. The highest BCUT2D eigenvalue weighted by Crippen LogP contribution is 2.30. The first-order valence-corrected chi connectivity index (χ1v) is 10.6. The Morgan fingerprint density at radius 3 is 2.48 bits per heavy atom. The Kier molecular flexibility index (Phi) is 5.88. The van der Waals surface area contributed by atoms with E-state index in [9.17, 15) is 9.59 Å². The highest BCUT2D eigenvalue weighted by atomic mass is 35.5. The summed E-state index contributed by atoms with van der Waals surface area (Å²) in [6.07, 6.45) is 1.34. The van der Waals surface area contributed by atoms with Gasteiger partial charge in [0.15, 0.2) is 0 Å². The third kappa shape index (κ3) is 4.31. The van der Waals surface area contributed by atoms with Gasteiger partial charge in [-0.05, 0) is 42.7 Å². The molecule has 0 aliphatic carbocycles. The first-order chi connectivity index (χ1) is 14.0. The molecule has 0 radical (unpaired) electrons. The van der Waals surface area contributed by atoms with E-state index in [4.69, 9.17) is 11.6 Å². The van der Waals surface area contributed by atoms with Crippen LogP contribution in [0.15, 0.2) is 42.5 Å². The molecule has 2 aromatic carbocycles. The number of rotatable bonds is 4. The van der Waals surface area contributed by atoms with E-state index in [1.807, 2.05) is 4.90 Å². The van der Waals surface area contributed by atoms with E-state index in [2.05, 4.69) is 36.1 Å². The van der Waals surface area contributed by atoms with Gasteiger partial charge in [0.05, 0.1) is 11.3 Å². The number of carbonyl (C=O) groups is 2. The van der Waals surface area contributed by atoms with Crippen LogP contribution in [-0.2, 0) is 11.3 Å². The van der Waals surface area contributed by atoms with Crippen LogP contribution in [0.2, 0.25) is 5.02 Å². The molecule has 2 aromatic rings. The molecule has 5 nitrogen and oxygen atoms in total. The van der Waals surface area contributed by atoms with Gasteiger partial charge in [0.2, 0.25) is 5.91 Å². The fourth-order valence-electron chi connectivity index (χ4n) is 4.12. The standard InChI is InChI=1S/C23H26ClN3O2/c1-17-5-2-3-6-18(17)16-25-11-13-26(14-12-25)23(29)20-9-8-19(24)15-21(20)27-10-4-7-22(27)28/h2-3,5-6,8-9,15H,4,7,10-14,16H2,1H3.